The molecule has 0 amide bonds. The fraction of sp³-hybridized carbons (Fsp3) is 0.143. The monoisotopic (exact) mass is 149 g/mol. The van der Waals surface area contributed by atoms with Gasteiger partial charge in [0.05, 0.1) is 0 Å². The zero-order valence-electron chi connectivity index (χ0n) is 6.03. The van der Waals surface area contributed by atoms with Crippen molar-refractivity contribution < 1.29 is 0 Å². The van der Waals surface area contributed by atoms with E-state index in [2.05, 4.69) is 10.1 Å². The molecule has 0 saturated heterocycles. The average molecular weight is 149 g/mol. The predicted molar refractivity (Wildman–Crippen MR) is 40.5 cm³/mol. The number of hydrogen-bond acceptors (Lipinski definition) is 2. The van der Waals surface area contributed by atoms with E-state index in [4.69, 9.17) is 0 Å². The molecule has 0 atom stereocenters. The highest BCUT2D eigenvalue weighted by Gasteiger charge is 1.96. The summed E-state index contributed by atoms with van der Waals surface area (Å²) in [6.07, 6.45) is 1.50. The van der Waals surface area contributed by atoms with E-state index in [1.165, 1.54) is 16.8 Å². The molecule has 0 unspecified atom stereocenters. The molecule has 2 heterocycles. The van der Waals surface area contributed by atoms with Gasteiger partial charge in [-0.2, -0.15) is 0 Å². The molecule has 0 aliphatic heterocycles. The van der Waals surface area contributed by atoms with Crippen LogP contribution in [0.15, 0.2) is 23.1 Å². The van der Waals surface area contributed by atoms with Crippen molar-refractivity contribution in [2.45, 2.75) is 6.92 Å². The molecule has 0 aliphatic rings. The number of fused-ring (bicyclic) bond motifs is 1. The van der Waals surface area contributed by atoms with Crippen LogP contribution in [0.2, 0.25) is 0 Å². The lowest BCUT2D eigenvalue weighted by molar-refractivity contribution is 0.881. The summed E-state index contributed by atoms with van der Waals surface area (Å²) < 4.78 is 1.41. The van der Waals surface area contributed by atoms with Gasteiger partial charge in [-0.05, 0) is 6.92 Å². The molecular formula is C7H7N3O. The Hall–Kier alpha value is -1.58. The summed E-state index contributed by atoms with van der Waals surface area (Å²) in [6, 6.07) is 3.24. The first-order valence-electron chi connectivity index (χ1n) is 3.31. The molecular weight excluding hydrogens is 142 g/mol. The Morgan fingerprint density at radius 3 is 3.18 bits per heavy atom. The summed E-state index contributed by atoms with van der Waals surface area (Å²) >= 11 is 0. The Morgan fingerprint density at radius 2 is 2.45 bits per heavy atom. The SMILES string of the molecule is Cc1cc2nccc(=O)n2[nH]1. The minimum absolute atomic E-state index is 0.0805. The molecule has 2 aromatic heterocycles. The third-order valence-electron chi connectivity index (χ3n) is 1.51. The van der Waals surface area contributed by atoms with Gasteiger partial charge < -0.3 is 0 Å². The van der Waals surface area contributed by atoms with Gasteiger partial charge in [-0.1, -0.05) is 0 Å². The van der Waals surface area contributed by atoms with Crippen molar-refractivity contribution in [3.8, 4) is 0 Å². The van der Waals surface area contributed by atoms with Crippen LogP contribution in [0.25, 0.3) is 5.65 Å². The smallest absolute Gasteiger partial charge is 0.272 e. The molecule has 1 N–H and O–H groups in total. The number of aryl methyl sites for hydroxylation is 1. The predicted octanol–water partition coefficient (Wildman–Crippen LogP) is 0.331. The van der Waals surface area contributed by atoms with Crippen molar-refractivity contribution in [3.63, 3.8) is 0 Å². The van der Waals surface area contributed by atoms with E-state index < -0.39 is 0 Å². The molecule has 0 aliphatic carbocycles. The van der Waals surface area contributed by atoms with Gasteiger partial charge in [0.1, 0.15) is 0 Å². The van der Waals surface area contributed by atoms with Crippen LogP contribution in [0.3, 0.4) is 0 Å². The summed E-state index contributed by atoms with van der Waals surface area (Å²) in [5, 5.41) is 2.87. The van der Waals surface area contributed by atoms with Gasteiger partial charge in [0, 0.05) is 24.0 Å². The molecule has 0 spiro atoms. The van der Waals surface area contributed by atoms with Gasteiger partial charge in [0.2, 0.25) is 0 Å². The second-order valence-corrected chi connectivity index (χ2v) is 2.42. The van der Waals surface area contributed by atoms with Gasteiger partial charge in [-0.25, -0.2) is 9.50 Å². The van der Waals surface area contributed by atoms with Crippen LogP contribution in [-0.4, -0.2) is 14.6 Å². The Balaban J connectivity index is 3.02. The lowest BCUT2D eigenvalue weighted by Gasteiger charge is -1.87. The second-order valence-electron chi connectivity index (χ2n) is 2.42. The highest BCUT2D eigenvalue weighted by molar-refractivity contribution is 5.37. The molecule has 11 heavy (non-hydrogen) atoms. The minimum atomic E-state index is -0.0805. The number of aromatic nitrogens is 3. The topological polar surface area (TPSA) is 50.2 Å². The standard InChI is InChI=1S/C7H7N3O/c1-5-4-6-8-3-2-7(11)10(6)9-5/h2-4,9H,1H3. The van der Waals surface area contributed by atoms with Crippen molar-refractivity contribution in [2.24, 2.45) is 0 Å². The molecule has 0 fully saturated rings. The maximum Gasteiger partial charge on any atom is 0.272 e. The number of rotatable bonds is 0. The van der Waals surface area contributed by atoms with Gasteiger partial charge in [-0.3, -0.25) is 9.89 Å². The summed E-state index contributed by atoms with van der Waals surface area (Å²) in [5.41, 5.74) is 1.51. The molecule has 2 rings (SSSR count). The van der Waals surface area contributed by atoms with Crippen LogP contribution in [0, 0.1) is 6.92 Å². The van der Waals surface area contributed by atoms with E-state index in [1.807, 2.05) is 13.0 Å². The highest BCUT2D eigenvalue weighted by Crippen LogP contribution is 1.96. The molecule has 4 nitrogen and oxygen atoms in total. The first kappa shape index (κ1) is 6.15. The number of H-pyrrole nitrogens is 1. The fourth-order valence-electron chi connectivity index (χ4n) is 1.04. The third kappa shape index (κ3) is 0.832. The van der Waals surface area contributed by atoms with E-state index in [-0.39, 0.29) is 5.56 Å². The molecule has 0 radical (unpaired) electrons. The Labute approximate surface area is 62.5 Å². The lowest BCUT2D eigenvalue weighted by Crippen LogP contribution is -2.12. The summed E-state index contributed by atoms with van der Waals surface area (Å²) in [4.78, 5) is 15.1. The van der Waals surface area contributed by atoms with Crippen LogP contribution >= 0.6 is 0 Å². The first-order chi connectivity index (χ1) is 5.27. The first-order valence-corrected chi connectivity index (χ1v) is 3.31. The van der Waals surface area contributed by atoms with Gasteiger partial charge >= 0.3 is 0 Å². The molecule has 2 aromatic rings. The highest BCUT2D eigenvalue weighted by atomic mass is 16.1. The quantitative estimate of drug-likeness (QED) is 0.586. The number of hydrogen-bond donors (Lipinski definition) is 1. The largest absolute Gasteiger partial charge is 0.294 e. The maximum atomic E-state index is 11.1. The van der Waals surface area contributed by atoms with Gasteiger partial charge in [0.25, 0.3) is 5.56 Å². The molecule has 56 valence electrons. The van der Waals surface area contributed by atoms with E-state index in [9.17, 15) is 4.79 Å². The summed E-state index contributed by atoms with van der Waals surface area (Å²) in [5.74, 6) is 0. The Morgan fingerprint density at radius 1 is 1.64 bits per heavy atom. The summed E-state index contributed by atoms with van der Waals surface area (Å²) in [6.45, 7) is 1.88. The number of nitrogens with one attached hydrogen (secondary N) is 1. The normalized spacial score (nSPS) is 10.6. The van der Waals surface area contributed by atoms with Gasteiger partial charge in [-0.15, -0.1) is 0 Å². The van der Waals surface area contributed by atoms with E-state index in [0.717, 1.165) is 5.69 Å². The minimum Gasteiger partial charge on any atom is -0.294 e. The zero-order chi connectivity index (χ0) is 7.84. The van der Waals surface area contributed by atoms with Crippen LogP contribution in [0.1, 0.15) is 5.69 Å². The fourth-order valence-corrected chi connectivity index (χ4v) is 1.04. The van der Waals surface area contributed by atoms with E-state index in [0.29, 0.717) is 5.65 Å². The number of nitrogens with zero attached hydrogens (tertiary/aromatic N) is 2. The van der Waals surface area contributed by atoms with Crippen molar-refractivity contribution in [1.29, 1.82) is 0 Å². The zero-order valence-corrected chi connectivity index (χ0v) is 6.03. The number of aromatic amines is 1. The summed E-state index contributed by atoms with van der Waals surface area (Å²) in [7, 11) is 0. The molecule has 0 aromatic carbocycles. The third-order valence-corrected chi connectivity index (χ3v) is 1.51. The van der Waals surface area contributed by atoms with Crippen LogP contribution < -0.4 is 5.56 Å². The van der Waals surface area contributed by atoms with Crippen molar-refractivity contribution in [2.75, 3.05) is 0 Å². The second kappa shape index (κ2) is 1.95. The molecule has 4 heteroatoms. The van der Waals surface area contributed by atoms with Crippen LogP contribution in [-0.2, 0) is 0 Å². The Kier molecular flexibility index (Phi) is 1.09. The van der Waals surface area contributed by atoms with Gasteiger partial charge in [0.15, 0.2) is 5.65 Å². The molecule has 0 bridgehead atoms. The van der Waals surface area contributed by atoms with Crippen molar-refractivity contribution in [3.05, 3.63) is 34.4 Å². The van der Waals surface area contributed by atoms with Crippen LogP contribution in [0.5, 0.6) is 0 Å². The van der Waals surface area contributed by atoms with Crippen LogP contribution in [0.4, 0.5) is 0 Å². The van der Waals surface area contributed by atoms with Crippen molar-refractivity contribution in [1.82, 2.24) is 14.6 Å². The molecule has 0 saturated carbocycles. The lowest BCUT2D eigenvalue weighted by atomic mass is 10.5. The van der Waals surface area contributed by atoms with E-state index in [1.54, 1.807) is 0 Å². The maximum absolute atomic E-state index is 11.1. The Bertz CT molecular complexity index is 440. The van der Waals surface area contributed by atoms with Crippen molar-refractivity contribution >= 4 is 5.65 Å². The van der Waals surface area contributed by atoms with E-state index >= 15 is 0 Å². The average Bonchev–Trinajstić information content (AvgIpc) is 2.31.